The molecule has 0 aliphatic heterocycles. The molecule has 0 aliphatic rings. The van der Waals surface area contributed by atoms with Crippen molar-refractivity contribution in [1.29, 1.82) is 5.26 Å². The van der Waals surface area contributed by atoms with E-state index >= 15 is 0 Å². The first-order chi connectivity index (χ1) is 5.77. The molecular weight excluding hydrogens is 174 g/mol. The number of alkyl halides is 1. The van der Waals surface area contributed by atoms with Gasteiger partial charge < -0.3 is 5.11 Å². The van der Waals surface area contributed by atoms with Crippen molar-refractivity contribution < 1.29 is 5.11 Å². The van der Waals surface area contributed by atoms with Gasteiger partial charge in [0.25, 0.3) is 0 Å². The van der Waals surface area contributed by atoms with Crippen LogP contribution in [0.2, 0.25) is 0 Å². The molecule has 0 saturated carbocycles. The summed E-state index contributed by atoms with van der Waals surface area (Å²) in [5.41, 5.74) is 1.32. The number of benzene rings is 1. The van der Waals surface area contributed by atoms with Gasteiger partial charge in [-0.25, -0.2) is 0 Å². The van der Waals surface area contributed by atoms with Crippen LogP contribution in [0.5, 0.6) is 0 Å². The number of nitriles is 1. The van der Waals surface area contributed by atoms with Gasteiger partial charge in [0.15, 0.2) is 0 Å². The molecule has 2 nitrogen and oxygen atoms in total. The second kappa shape index (κ2) is 4.10. The van der Waals surface area contributed by atoms with E-state index in [1.54, 1.807) is 24.3 Å². The number of aliphatic hydroxyl groups is 1. The van der Waals surface area contributed by atoms with Crippen LogP contribution >= 0.6 is 11.6 Å². The summed E-state index contributed by atoms with van der Waals surface area (Å²) in [5.74, 6) is 0.173. The van der Waals surface area contributed by atoms with Crippen LogP contribution in [0.4, 0.5) is 0 Å². The summed E-state index contributed by atoms with van der Waals surface area (Å²) in [7, 11) is 0. The molecule has 1 aromatic rings. The van der Waals surface area contributed by atoms with Crippen LogP contribution < -0.4 is 0 Å². The van der Waals surface area contributed by atoms with Crippen molar-refractivity contribution in [1.82, 2.24) is 0 Å². The van der Waals surface area contributed by atoms with E-state index in [2.05, 4.69) is 0 Å². The molecule has 0 amide bonds. The van der Waals surface area contributed by atoms with Gasteiger partial charge in [-0.15, -0.1) is 11.6 Å². The van der Waals surface area contributed by atoms with E-state index in [-0.39, 0.29) is 5.88 Å². The predicted molar refractivity (Wildman–Crippen MR) is 46.8 cm³/mol. The maximum atomic E-state index is 9.28. The number of halogens is 1. The van der Waals surface area contributed by atoms with Gasteiger partial charge in [0.1, 0.15) is 0 Å². The fourth-order valence-electron chi connectivity index (χ4n) is 0.869. The Labute approximate surface area is 76.0 Å². The summed E-state index contributed by atoms with van der Waals surface area (Å²) >= 11 is 5.45. The van der Waals surface area contributed by atoms with Gasteiger partial charge in [0.2, 0.25) is 0 Å². The van der Waals surface area contributed by atoms with Crippen LogP contribution in [-0.2, 0) is 0 Å². The summed E-state index contributed by atoms with van der Waals surface area (Å²) in [6, 6.07) is 8.71. The Hall–Kier alpha value is -1.04. The lowest BCUT2D eigenvalue weighted by Crippen LogP contribution is -1.97. The molecule has 1 aromatic carbocycles. The Morgan fingerprint density at radius 3 is 2.42 bits per heavy atom. The molecule has 1 N–H and O–H groups in total. The SMILES string of the molecule is N#Cc1ccc([C@@H](O)CCl)cc1. The van der Waals surface area contributed by atoms with E-state index in [4.69, 9.17) is 16.9 Å². The lowest BCUT2D eigenvalue weighted by Gasteiger charge is -2.05. The molecule has 0 bridgehead atoms. The van der Waals surface area contributed by atoms with E-state index in [0.29, 0.717) is 5.56 Å². The summed E-state index contributed by atoms with van der Waals surface area (Å²) in [4.78, 5) is 0. The standard InChI is InChI=1S/C9H8ClNO/c10-5-9(12)8-3-1-7(6-11)2-4-8/h1-4,9,12H,5H2/t9-/m0/s1. The van der Waals surface area contributed by atoms with Crippen molar-refractivity contribution in [3.8, 4) is 6.07 Å². The molecule has 62 valence electrons. The van der Waals surface area contributed by atoms with Crippen LogP contribution in [-0.4, -0.2) is 11.0 Å². The molecule has 0 unspecified atom stereocenters. The highest BCUT2D eigenvalue weighted by Crippen LogP contribution is 2.14. The van der Waals surface area contributed by atoms with Gasteiger partial charge in [-0.3, -0.25) is 0 Å². The predicted octanol–water partition coefficient (Wildman–Crippen LogP) is 1.83. The zero-order valence-electron chi connectivity index (χ0n) is 6.37. The number of aliphatic hydroxyl groups excluding tert-OH is 1. The van der Waals surface area contributed by atoms with Gasteiger partial charge >= 0.3 is 0 Å². The Morgan fingerprint density at radius 2 is 2.00 bits per heavy atom. The Morgan fingerprint density at radius 1 is 1.42 bits per heavy atom. The molecule has 3 heteroatoms. The first kappa shape index (κ1) is 9.05. The molecule has 0 spiro atoms. The highest BCUT2D eigenvalue weighted by atomic mass is 35.5. The molecule has 0 fully saturated rings. The van der Waals surface area contributed by atoms with Crippen molar-refractivity contribution in [3.63, 3.8) is 0 Å². The second-order valence-corrected chi connectivity index (χ2v) is 2.71. The highest BCUT2D eigenvalue weighted by molar-refractivity contribution is 6.18. The summed E-state index contributed by atoms with van der Waals surface area (Å²) in [6.07, 6.45) is -0.639. The van der Waals surface area contributed by atoms with Crippen molar-refractivity contribution in [2.24, 2.45) is 0 Å². The normalized spacial score (nSPS) is 12.1. The lowest BCUT2D eigenvalue weighted by atomic mass is 10.1. The number of nitrogens with zero attached hydrogens (tertiary/aromatic N) is 1. The Balaban J connectivity index is 2.86. The van der Waals surface area contributed by atoms with Crippen LogP contribution in [0.15, 0.2) is 24.3 Å². The molecule has 0 saturated heterocycles. The van der Waals surface area contributed by atoms with E-state index in [1.807, 2.05) is 6.07 Å². The van der Waals surface area contributed by atoms with Gasteiger partial charge in [0, 0.05) is 0 Å². The van der Waals surface area contributed by atoms with Crippen LogP contribution in [0, 0.1) is 11.3 Å². The molecule has 0 aromatic heterocycles. The maximum Gasteiger partial charge on any atom is 0.0991 e. The van der Waals surface area contributed by atoms with E-state index < -0.39 is 6.10 Å². The van der Waals surface area contributed by atoms with E-state index in [0.717, 1.165) is 5.56 Å². The number of hydrogen-bond acceptors (Lipinski definition) is 2. The van der Waals surface area contributed by atoms with Gasteiger partial charge in [-0.2, -0.15) is 5.26 Å². The van der Waals surface area contributed by atoms with Gasteiger partial charge in [-0.1, -0.05) is 12.1 Å². The average Bonchev–Trinajstić information content (AvgIpc) is 2.17. The Kier molecular flexibility index (Phi) is 3.09. The summed E-state index contributed by atoms with van der Waals surface area (Å²) in [6.45, 7) is 0. The molecule has 1 rings (SSSR count). The highest BCUT2D eigenvalue weighted by Gasteiger charge is 2.04. The maximum absolute atomic E-state index is 9.28. The van der Waals surface area contributed by atoms with Gasteiger partial charge in [-0.05, 0) is 17.7 Å². The van der Waals surface area contributed by atoms with Crippen molar-refractivity contribution in [3.05, 3.63) is 35.4 Å². The fraction of sp³-hybridized carbons (Fsp3) is 0.222. The van der Waals surface area contributed by atoms with Crippen LogP contribution in [0.3, 0.4) is 0 Å². The third-order valence-corrected chi connectivity index (χ3v) is 1.86. The van der Waals surface area contributed by atoms with E-state index in [1.165, 1.54) is 0 Å². The largest absolute Gasteiger partial charge is 0.387 e. The Bertz CT molecular complexity index is 288. The zero-order chi connectivity index (χ0) is 8.97. The minimum absolute atomic E-state index is 0.173. The molecule has 12 heavy (non-hydrogen) atoms. The minimum Gasteiger partial charge on any atom is -0.387 e. The van der Waals surface area contributed by atoms with Crippen molar-refractivity contribution in [2.75, 3.05) is 5.88 Å². The zero-order valence-corrected chi connectivity index (χ0v) is 7.12. The molecular formula is C9H8ClNO. The number of hydrogen-bond donors (Lipinski definition) is 1. The third-order valence-electron chi connectivity index (χ3n) is 1.57. The minimum atomic E-state index is -0.639. The van der Waals surface area contributed by atoms with E-state index in [9.17, 15) is 5.11 Å². The molecule has 0 heterocycles. The van der Waals surface area contributed by atoms with Gasteiger partial charge in [0.05, 0.1) is 23.6 Å². The fourth-order valence-corrected chi connectivity index (χ4v) is 1.05. The number of rotatable bonds is 2. The summed E-state index contributed by atoms with van der Waals surface area (Å²) in [5, 5.41) is 17.8. The molecule has 0 radical (unpaired) electrons. The molecule has 0 aliphatic carbocycles. The smallest absolute Gasteiger partial charge is 0.0991 e. The van der Waals surface area contributed by atoms with Crippen LogP contribution in [0.1, 0.15) is 17.2 Å². The lowest BCUT2D eigenvalue weighted by molar-refractivity contribution is 0.202. The topological polar surface area (TPSA) is 44.0 Å². The van der Waals surface area contributed by atoms with Crippen molar-refractivity contribution in [2.45, 2.75) is 6.10 Å². The second-order valence-electron chi connectivity index (χ2n) is 2.40. The average molecular weight is 182 g/mol. The quantitative estimate of drug-likeness (QED) is 0.708. The van der Waals surface area contributed by atoms with Crippen LogP contribution in [0.25, 0.3) is 0 Å². The van der Waals surface area contributed by atoms with Crippen molar-refractivity contribution >= 4 is 11.6 Å². The monoisotopic (exact) mass is 181 g/mol. The third kappa shape index (κ3) is 1.97. The molecule has 1 atom stereocenters. The first-order valence-electron chi connectivity index (χ1n) is 3.52. The first-order valence-corrected chi connectivity index (χ1v) is 4.05. The summed E-state index contributed by atoms with van der Waals surface area (Å²) < 4.78 is 0.